The van der Waals surface area contributed by atoms with E-state index in [1.807, 2.05) is 0 Å². The third kappa shape index (κ3) is 3.87. The van der Waals surface area contributed by atoms with Crippen LogP contribution in [-0.4, -0.2) is 52.3 Å². The van der Waals surface area contributed by atoms with Gasteiger partial charge in [-0.15, -0.1) is 0 Å². The van der Waals surface area contributed by atoms with Gasteiger partial charge in [-0.25, -0.2) is 4.39 Å². The molecule has 1 amide bonds. The van der Waals surface area contributed by atoms with Gasteiger partial charge in [0, 0.05) is 31.2 Å². The first kappa shape index (κ1) is 17.2. The Morgan fingerprint density at radius 1 is 1.17 bits per heavy atom. The van der Waals surface area contributed by atoms with E-state index in [1.165, 1.54) is 18.6 Å². The highest BCUT2D eigenvalue weighted by atomic mass is 19.1. The molecule has 3 rings (SSSR count). The van der Waals surface area contributed by atoms with E-state index in [1.54, 1.807) is 0 Å². The average Bonchev–Trinajstić information content (AvgIpc) is 2.56. The molecule has 1 aliphatic heterocycles. The van der Waals surface area contributed by atoms with Gasteiger partial charge in [-0.2, -0.15) is 0 Å². The predicted octanol–water partition coefficient (Wildman–Crippen LogP) is 2.03. The van der Waals surface area contributed by atoms with Gasteiger partial charge >= 0.3 is 0 Å². The number of hydrogen-bond acceptors (Lipinski definition) is 4. The first-order valence-electron chi connectivity index (χ1n) is 8.76. The second-order valence-corrected chi connectivity index (χ2v) is 6.86. The van der Waals surface area contributed by atoms with E-state index in [4.69, 9.17) is 0 Å². The lowest BCUT2D eigenvalue weighted by Gasteiger charge is -2.41. The van der Waals surface area contributed by atoms with Gasteiger partial charge in [0.1, 0.15) is 11.6 Å². The molecule has 1 saturated carbocycles. The summed E-state index contributed by atoms with van der Waals surface area (Å²) in [6, 6.07) is 3.70. The second kappa shape index (κ2) is 7.49. The van der Waals surface area contributed by atoms with Crippen LogP contribution in [-0.2, 0) is 0 Å². The summed E-state index contributed by atoms with van der Waals surface area (Å²) in [7, 11) is 0. The van der Waals surface area contributed by atoms with Crippen molar-refractivity contribution in [3.8, 4) is 5.75 Å². The van der Waals surface area contributed by atoms with Crippen molar-refractivity contribution in [1.82, 2.24) is 10.2 Å². The molecule has 2 atom stereocenters. The van der Waals surface area contributed by atoms with Crippen LogP contribution in [0.2, 0.25) is 0 Å². The van der Waals surface area contributed by atoms with Crippen LogP contribution in [0.3, 0.4) is 0 Å². The monoisotopic (exact) mass is 336 g/mol. The molecule has 0 aromatic heterocycles. The maximum Gasteiger partial charge on any atom is 0.255 e. The number of aliphatic hydroxyl groups excluding tert-OH is 1. The predicted molar refractivity (Wildman–Crippen MR) is 88.4 cm³/mol. The molecule has 5 nitrogen and oxygen atoms in total. The quantitative estimate of drug-likeness (QED) is 0.790. The van der Waals surface area contributed by atoms with Gasteiger partial charge in [0.2, 0.25) is 0 Å². The molecule has 0 spiro atoms. The Morgan fingerprint density at radius 2 is 1.88 bits per heavy atom. The number of piperidine rings is 1. The number of phenolic OH excluding ortho intramolecular Hbond substituents is 1. The highest BCUT2D eigenvalue weighted by molar-refractivity contribution is 5.96. The molecule has 1 aliphatic carbocycles. The Kier molecular flexibility index (Phi) is 5.36. The Morgan fingerprint density at radius 3 is 2.54 bits per heavy atom. The molecule has 2 aliphatic rings. The van der Waals surface area contributed by atoms with Crippen molar-refractivity contribution < 1.29 is 19.4 Å². The zero-order chi connectivity index (χ0) is 17.1. The van der Waals surface area contributed by atoms with Gasteiger partial charge in [0.15, 0.2) is 0 Å². The SMILES string of the molecule is O=C(NC1CCN(C2CCCCC2O)CC1)c1ccc(F)cc1O. The van der Waals surface area contributed by atoms with Gasteiger partial charge in [-0.3, -0.25) is 9.69 Å². The zero-order valence-electron chi connectivity index (χ0n) is 13.7. The van der Waals surface area contributed by atoms with Crippen molar-refractivity contribution in [1.29, 1.82) is 0 Å². The van der Waals surface area contributed by atoms with E-state index in [0.717, 1.165) is 51.3 Å². The van der Waals surface area contributed by atoms with Crippen LogP contribution < -0.4 is 5.32 Å². The average molecular weight is 336 g/mol. The molecule has 0 radical (unpaired) electrons. The number of nitrogens with zero attached hydrogens (tertiary/aromatic N) is 1. The number of aromatic hydroxyl groups is 1. The molecule has 3 N–H and O–H groups in total. The number of aliphatic hydroxyl groups is 1. The van der Waals surface area contributed by atoms with E-state index in [9.17, 15) is 19.4 Å². The summed E-state index contributed by atoms with van der Waals surface area (Å²) in [5, 5.41) is 22.8. The van der Waals surface area contributed by atoms with E-state index >= 15 is 0 Å². The number of likely N-dealkylation sites (tertiary alicyclic amines) is 1. The molecule has 0 bridgehead atoms. The van der Waals surface area contributed by atoms with Gasteiger partial charge in [-0.05, 0) is 37.8 Å². The number of nitrogens with one attached hydrogen (secondary N) is 1. The summed E-state index contributed by atoms with van der Waals surface area (Å²) in [6.45, 7) is 1.70. The standard InChI is InChI=1S/C18H25FN2O3/c19-12-5-6-14(17(23)11-12)18(24)20-13-7-9-21(10-8-13)15-3-1-2-4-16(15)22/h5-6,11,13,15-16,22-23H,1-4,7-10H2,(H,20,24). The maximum atomic E-state index is 13.0. The van der Waals surface area contributed by atoms with Gasteiger partial charge < -0.3 is 15.5 Å². The summed E-state index contributed by atoms with van der Waals surface area (Å²) in [5.41, 5.74) is 0.0986. The van der Waals surface area contributed by atoms with Gasteiger partial charge in [-0.1, -0.05) is 12.8 Å². The van der Waals surface area contributed by atoms with Crippen LogP contribution >= 0.6 is 0 Å². The van der Waals surface area contributed by atoms with Gasteiger partial charge in [0.25, 0.3) is 5.91 Å². The molecule has 1 aromatic carbocycles. The summed E-state index contributed by atoms with van der Waals surface area (Å²) >= 11 is 0. The smallest absolute Gasteiger partial charge is 0.255 e. The lowest BCUT2D eigenvalue weighted by Crippen LogP contribution is -2.52. The fourth-order valence-electron chi connectivity index (χ4n) is 3.85. The van der Waals surface area contributed by atoms with Gasteiger partial charge in [0.05, 0.1) is 11.7 Å². The molecule has 132 valence electrons. The molecular weight excluding hydrogens is 311 g/mol. The summed E-state index contributed by atoms with van der Waals surface area (Å²) < 4.78 is 13.0. The normalized spacial score (nSPS) is 26.2. The van der Waals surface area contributed by atoms with E-state index in [0.29, 0.717) is 0 Å². The third-order valence-corrected chi connectivity index (χ3v) is 5.23. The summed E-state index contributed by atoms with van der Waals surface area (Å²) in [6.07, 6.45) is 5.59. The first-order valence-corrected chi connectivity index (χ1v) is 8.76. The van der Waals surface area contributed by atoms with Crippen LogP contribution in [0.4, 0.5) is 4.39 Å². The minimum atomic E-state index is -0.566. The van der Waals surface area contributed by atoms with Crippen molar-refractivity contribution in [3.05, 3.63) is 29.6 Å². The number of hydrogen-bond donors (Lipinski definition) is 3. The molecule has 24 heavy (non-hydrogen) atoms. The van der Waals surface area contributed by atoms with E-state index in [-0.39, 0.29) is 35.4 Å². The number of amides is 1. The number of phenols is 1. The first-order chi connectivity index (χ1) is 11.5. The highest BCUT2D eigenvalue weighted by Gasteiger charge is 2.31. The van der Waals surface area contributed by atoms with Crippen molar-refractivity contribution in [3.63, 3.8) is 0 Å². The minimum absolute atomic E-state index is 0.0407. The lowest BCUT2D eigenvalue weighted by atomic mass is 9.89. The summed E-state index contributed by atoms with van der Waals surface area (Å²) in [5.74, 6) is -1.28. The lowest BCUT2D eigenvalue weighted by molar-refractivity contribution is 0.00727. The Labute approximate surface area is 141 Å². The number of halogens is 1. The minimum Gasteiger partial charge on any atom is -0.507 e. The molecule has 1 aromatic rings. The Hall–Kier alpha value is -1.66. The number of benzene rings is 1. The Balaban J connectivity index is 1.52. The topological polar surface area (TPSA) is 72.8 Å². The molecule has 1 heterocycles. The number of carbonyl (C=O) groups excluding carboxylic acids is 1. The van der Waals surface area contributed by atoms with Crippen molar-refractivity contribution in [2.24, 2.45) is 0 Å². The van der Waals surface area contributed by atoms with Crippen LogP contribution in [0.5, 0.6) is 5.75 Å². The zero-order valence-corrected chi connectivity index (χ0v) is 13.7. The fourth-order valence-corrected chi connectivity index (χ4v) is 3.85. The Bertz CT molecular complexity index is 588. The molecule has 1 saturated heterocycles. The van der Waals surface area contributed by atoms with Crippen molar-refractivity contribution in [2.75, 3.05) is 13.1 Å². The van der Waals surface area contributed by atoms with Crippen molar-refractivity contribution >= 4 is 5.91 Å². The molecular formula is C18H25FN2O3. The molecule has 2 fully saturated rings. The molecule has 2 unspecified atom stereocenters. The van der Waals surface area contributed by atoms with E-state index < -0.39 is 5.82 Å². The van der Waals surface area contributed by atoms with Crippen LogP contribution in [0, 0.1) is 5.82 Å². The second-order valence-electron chi connectivity index (χ2n) is 6.86. The summed E-state index contributed by atoms with van der Waals surface area (Å²) in [4.78, 5) is 14.6. The highest BCUT2D eigenvalue weighted by Crippen LogP contribution is 2.26. The fraction of sp³-hybridized carbons (Fsp3) is 0.611. The number of rotatable bonds is 3. The van der Waals surface area contributed by atoms with E-state index in [2.05, 4.69) is 10.2 Å². The number of carbonyl (C=O) groups is 1. The maximum absolute atomic E-state index is 13.0. The largest absolute Gasteiger partial charge is 0.507 e. The van der Waals surface area contributed by atoms with Crippen LogP contribution in [0.25, 0.3) is 0 Å². The van der Waals surface area contributed by atoms with Crippen LogP contribution in [0.15, 0.2) is 18.2 Å². The van der Waals surface area contributed by atoms with Crippen LogP contribution in [0.1, 0.15) is 48.9 Å². The molecule has 6 heteroatoms. The third-order valence-electron chi connectivity index (χ3n) is 5.23. The van der Waals surface area contributed by atoms with Crippen molar-refractivity contribution in [2.45, 2.75) is 56.7 Å².